The van der Waals surface area contributed by atoms with Crippen molar-refractivity contribution in [2.45, 2.75) is 6.42 Å². The Morgan fingerprint density at radius 1 is 0.574 bits per heavy atom. The lowest BCUT2D eigenvalue weighted by Gasteiger charge is -2.12. The number of aromatic nitrogens is 4. The molecule has 0 aliphatic carbocycles. The number of nitro groups is 2. The number of nitro benzene ring substituents is 2. The van der Waals surface area contributed by atoms with Crippen LogP contribution in [0.1, 0.15) is 11.1 Å². The molecule has 0 bridgehead atoms. The Labute approximate surface area is 263 Å². The van der Waals surface area contributed by atoms with Crippen LogP contribution in [0, 0.1) is 20.2 Å². The van der Waals surface area contributed by atoms with Crippen molar-refractivity contribution >= 4 is 11.4 Å². The normalized spacial score (nSPS) is 10.9. The van der Waals surface area contributed by atoms with E-state index < -0.39 is 21.2 Å². The monoisotopic (exact) mass is 630 g/mol. The molecule has 6 aromatic rings. The average molecular weight is 631 g/mol. The highest BCUT2D eigenvalue weighted by molar-refractivity contribution is 5.74. The van der Waals surface area contributed by atoms with Crippen LogP contribution in [0.4, 0.5) is 11.4 Å². The number of hydrogen-bond donors (Lipinski definition) is 4. The number of phenols is 2. The number of benzene rings is 4. The van der Waals surface area contributed by atoms with Gasteiger partial charge in [0.15, 0.2) is 0 Å². The van der Waals surface area contributed by atoms with Gasteiger partial charge in [-0.3, -0.25) is 20.2 Å². The van der Waals surface area contributed by atoms with Gasteiger partial charge < -0.3 is 20.2 Å². The van der Waals surface area contributed by atoms with E-state index in [4.69, 9.17) is 0 Å². The highest BCUT2D eigenvalue weighted by Gasteiger charge is 2.15. The molecule has 2 heterocycles. The van der Waals surface area contributed by atoms with E-state index in [0.717, 1.165) is 11.1 Å². The maximum Gasteiger partial charge on any atom is 0.345 e. The molecule has 0 radical (unpaired) electrons. The molecule has 6 rings (SSSR count). The third kappa shape index (κ3) is 6.46. The Hall–Kier alpha value is -6.96. The molecule has 0 aliphatic rings. The maximum atomic E-state index is 12.5. The molecule has 47 heavy (non-hydrogen) atoms. The number of rotatable bonds is 8. The summed E-state index contributed by atoms with van der Waals surface area (Å²) in [5.74, 6) is -0.213. The number of nitrogens with zero attached hydrogens (tertiary/aromatic N) is 4. The molecular weight excluding hydrogens is 608 g/mol. The average Bonchev–Trinajstić information content (AvgIpc) is 3.06. The Morgan fingerprint density at radius 2 is 0.957 bits per heavy atom. The molecule has 232 valence electrons. The molecule has 0 atom stereocenters. The van der Waals surface area contributed by atoms with Crippen LogP contribution < -0.4 is 11.4 Å². The molecule has 0 saturated heterocycles. The summed E-state index contributed by atoms with van der Waals surface area (Å²) in [4.78, 5) is 59.1. The van der Waals surface area contributed by atoms with Gasteiger partial charge in [0.25, 0.3) is 11.4 Å². The van der Waals surface area contributed by atoms with Gasteiger partial charge in [-0.1, -0.05) is 12.1 Å². The molecule has 0 amide bonds. The van der Waals surface area contributed by atoms with Crippen molar-refractivity contribution in [3.8, 4) is 56.5 Å². The fourth-order valence-corrected chi connectivity index (χ4v) is 5.06. The van der Waals surface area contributed by atoms with E-state index in [1.54, 1.807) is 36.4 Å². The molecule has 4 aromatic carbocycles. The summed E-state index contributed by atoms with van der Waals surface area (Å²) in [6, 6.07) is 24.0. The third-order valence-corrected chi connectivity index (χ3v) is 7.35. The molecule has 14 heteroatoms. The second-order valence-corrected chi connectivity index (χ2v) is 10.5. The smallest absolute Gasteiger partial charge is 0.345 e. The highest BCUT2D eigenvalue weighted by atomic mass is 16.6. The summed E-state index contributed by atoms with van der Waals surface area (Å²) < 4.78 is 0. The number of aromatic amines is 2. The molecule has 0 spiro atoms. The Bertz CT molecular complexity index is 2140. The van der Waals surface area contributed by atoms with Crippen molar-refractivity contribution in [3.05, 3.63) is 149 Å². The SMILES string of the molecule is O=c1nc(-c2ccc([N+](=O)[O-])cc2)cc(-c2cc(Cc3ccc(O)c(-c4cc(-c5ccc([N+](=O)[O-])cc5)nc(=O)[nH]4)c3)ccc2O)[nH]1. The van der Waals surface area contributed by atoms with Gasteiger partial charge in [-0.05, 0) is 78.2 Å². The molecule has 0 aliphatic heterocycles. The lowest BCUT2D eigenvalue weighted by Crippen LogP contribution is -2.12. The Morgan fingerprint density at radius 3 is 1.32 bits per heavy atom. The largest absolute Gasteiger partial charge is 0.507 e. The summed E-state index contributed by atoms with van der Waals surface area (Å²) in [5, 5.41) is 43.4. The van der Waals surface area contributed by atoms with E-state index in [0.29, 0.717) is 28.7 Å². The zero-order valence-corrected chi connectivity index (χ0v) is 24.1. The summed E-state index contributed by atoms with van der Waals surface area (Å²) in [6.45, 7) is 0. The molecule has 4 N–H and O–H groups in total. The highest BCUT2D eigenvalue weighted by Crippen LogP contribution is 2.34. The quantitative estimate of drug-likeness (QED) is 0.125. The van der Waals surface area contributed by atoms with Gasteiger partial charge in [0.2, 0.25) is 0 Å². The fraction of sp³-hybridized carbons (Fsp3) is 0.0303. The number of phenolic OH excluding ortho intramolecular Hbond substituents is 2. The number of aromatic hydroxyl groups is 2. The van der Waals surface area contributed by atoms with E-state index >= 15 is 0 Å². The van der Waals surface area contributed by atoms with Crippen molar-refractivity contribution < 1.29 is 20.1 Å². The zero-order chi connectivity index (χ0) is 33.2. The first kappa shape index (κ1) is 30.1. The van der Waals surface area contributed by atoms with Crippen LogP contribution in [0.5, 0.6) is 11.5 Å². The van der Waals surface area contributed by atoms with Gasteiger partial charge in [0.05, 0.1) is 32.6 Å². The van der Waals surface area contributed by atoms with Crippen LogP contribution in [0.2, 0.25) is 0 Å². The standard InChI is InChI=1S/C33H22N6O8/c40-30-11-1-18(14-24(30)28-16-26(34-32(42)36-28)20-3-7-22(8-4-20)38(44)45)13-19-2-12-31(41)25(15-19)29-17-27(35-33(43)37-29)21-5-9-23(10-6-21)39(46)47/h1-12,14-17,40-41H,13H2,(H,34,36,42)(H,35,37,43). The van der Waals surface area contributed by atoms with Crippen LogP contribution in [-0.2, 0) is 6.42 Å². The van der Waals surface area contributed by atoms with Gasteiger partial charge >= 0.3 is 11.4 Å². The van der Waals surface area contributed by atoms with E-state index in [1.165, 1.54) is 60.7 Å². The Kier molecular flexibility index (Phi) is 7.81. The van der Waals surface area contributed by atoms with Crippen LogP contribution in [0.3, 0.4) is 0 Å². The molecule has 14 nitrogen and oxygen atoms in total. The van der Waals surface area contributed by atoms with E-state index in [-0.39, 0.29) is 45.6 Å². The maximum absolute atomic E-state index is 12.5. The van der Waals surface area contributed by atoms with Crippen LogP contribution in [-0.4, -0.2) is 40.0 Å². The number of non-ortho nitro benzene ring substituents is 2. The van der Waals surface area contributed by atoms with Gasteiger partial charge in [-0.15, -0.1) is 0 Å². The minimum absolute atomic E-state index is 0.107. The van der Waals surface area contributed by atoms with Crippen molar-refractivity contribution in [2.24, 2.45) is 0 Å². The number of hydrogen-bond acceptors (Lipinski definition) is 10. The van der Waals surface area contributed by atoms with Crippen LogP contribution in [0.15, 0.2) is 107 Å². The molecular formula is C33H22N6O8. The zero-order valence-electron chi connectivity index (χ0n) is 24.1. The first-order valence-electron chi connectivity index (χ1n) is 13.9. The first-order valence-corrected chi connectivity index (χ1v) is 13.9. The molecule has 2 aromatic heterocycles. The van der Waals surface area contributed by atoms with E-state index in [2.05, 4.69) is 19.9 Å². The lowest BCUT2D eigenvalue weighted by molar-refractivity contribution is -0.385. The van der Waals surface area contributed by atoms with Crippen LogP contribution in [0.25, 0.3) is 45.0 Å². The van der Waals surface area contributed by atoms with Crippen molar-refractivity contribution in [3.63, 3.8) is 0 Å². The number of H-pyrrole nitrogens is 2. The van der Waals surface area contributed by atoms with E-state index in [9.17, 15) is 40.0 Å². The predicted molar refractivity (Wildman–Crippen MR) is 171 cm³/mol. The molecule has 0 unspecified atom stereocenters. The third-order valence-electron chi connectivity index (χ3n) is 7.35. The fourth-order valence-electron chi connectivity index (χ4n) is 5.06. The summed E-state index contributed by atoms with van der Waals surface area (Å²) >= 11 is 0. The summed E-state index contributed by atoms with van der Waals surface area (Å²) in [5.41, 5.74) is 2.53. The van der Waals surface area contributed by atoms with Crippen molar-refractivity contribution in [1.29, 1.82) is 0 Å². The lowest BCUT2D eigenvalue weighted by atomic mass is 9.97. The van der Waals surface area contributed by atoms with Crippen molar-refractivity contribution in [1.82, 2.24) is 19.9 Å². The minimum atomic E-state index is -0.678. The minimum Gasteiger partial charge on any atom is -0.507 e. The van der Waals surface area contributed by atoms with Crippen LogP contribution >= 0.6 is 0 Å². The van der Waals surface area contributed by atoms with Gasteiger partial charge in [-0.2, -0.15) is 9.97 Å². The van der Waals surface area contributed by atoms with Crippen molar-refractivity contribution in [2.75, 3.05) is 0 Å². The Balaban J connectivity index is 1.31. The topological polar surface area (TPSA) is 218 Å². The van der Waals surface area contributed by atoms with Gasteiger partial charge in [-0.25, -0.2) is 9.59 Å². The van der Waals surface area contributed by atoms with Gasteiger partial charge in [0, 0.05) is 46.5 Å². The summed E-state index contributed by atoms with van der Waals surface area (Å²) in [6.07, 6.45) is 0.329. The predicted octanol–water partition coefficient (Wildman–Crippen LogP) is 5.34. The van der Waals surface area contributed by atoms with Gasteiger partial charge in [0.1, 0.15) is 11.5 Å². The number of nitrogens with one attached hydrogen (secondary N) is 2. The summed E-state index contributed by atoms with van der Waals surface area (Å²) in [7, 11) is 0. The molecule has 0 saturated carbocycles. The molecule has 0 fully saturated rings. The van der Waals surface area contributed by atoms with E-state index in [1.807, 2.05) is 0 Å². The second-order valence-electron chi connectivity index (χ2n) is 10.5. The second kappa shape index (κ2) is 12.2. The first-order chi connectivity index (χ1) is 22.5.